The van der Waals surface area contributed by atoms with E-state index in [4.69, 9.17) is 0 Å². The first kappa shape index (κ1) is 18.1. The fourth-order valence-corrected chi connectivity index (χ4v) is 3.87. The molecule has 1 aliphatic rings. The third-order valence-electron chi connectivity index (χ3n) is 5.27. The van der Waals surface area contributed by atoms with Crippen LogP contribution in [0.4, 0.5) is 0 Å². The molecule has 1 aliphatic heterocycles. The summed E-state index contributed by atoms with van der Waals surface area (Å²) in [6.45, 7) is 12.9. The van der Waals surface area contributed by atoms with Crippen LogP contribution in [0.1, 0.15) is 43.5 Å². The van der Waals surface area contributed by atoms with Gasteiger partial charge in [0, 0.05) is 56.4 Å². The maximum absolute atomic E-state index is 4.62. The predicted molar refractivity (Wildman–Crippen MR) is 101 cm³/mol. The molecule has 1 fully saturated rings. The van der Waals surface area contributed by atoms with Gasteiger partial charge in [-0.1, -0.05) is 13.0 Å². The zero-order chi connectivity index (χ0) is 17.6. The maximum atomic E-state index is 4.62. The Hall–Kier alpha value is -1.72. The van der Waals surface area contributed by atoms with Gasteiger partial charge in [-0.15, -0.1) is 0 Å². The van der Waals surface area contributed by atoms with E-state index in [0.717, 1.165) is 38.4 Å². The molecule has 25 heavy (non-hydrogen) atoms. The predicted octanol–water partition coefficient (Wildman–Crippen LogP) is 3.09. The van der Waals surface area contributed by atoms with E-state index in [1.807, 2.05) is 23.1 Å². The van der Waals surface area contributed by atoms with Gasteiger partial charge in [-0.2, -0.15) is 5.10 Å². The van der Waals surface area contributed by atoms with Crippen LogP contribution in [0.5, 0.6) is 0 Å². The number of hydrogen-bond donors (Lipinski definition) is 0. The van der Waals surface area contributed by atoms with Crippen molar-refractivity contribution >= 4 is 0 Å². The minimum atomic E-state index is 0.670. The highest BCUT2D eigenvalue weighted by Crippen LogP contribution is 2.20. The molecule has 1 unspecified atom stereocenters. The first-order valence-electron chi connectivity index (χ1n) is 9.57. The lowest BCUT2D eigenvalue weighted by Crippen LogP contribution is -2.39. The Morgan fingerprint density at radius 2 is 2.12 bits per heavy atom. The minimum Gasteiger partial charge on any atom is -0.299 e. The average molecular weight is 342 g/mol. The highest BCUT2D eigenvalue weighted by Gasteiger charge is 2.25. The zero-order valence-corrected chi connectivity index (χ0v) is 15.9. The quantitative estimate of drug-likeness (QED) is 0.739. The molecule has 0 aromatic carbocycles. The summed E-state index contributed by atoms with van der Waals surface area (Å²) in [5, 5.41) is 4.62. The topological polar surface area (TPSA) is 37.2 Å². The lowest BCUT2D eigenvalue weighted by atomic mass is 10.1. The van der Waals surface area contributed by atoms with Crippen molar-refractivity contribution in [3.8, 4) is 0 Å². The van der Waals surface area contributed by atoms with Gasteiger partial charge < -0.3 is 0 Å². The lowest BCUT2D eigenvalue weighted by molar-refractivity contribution is 0.165. The Balaban J connectivity index is 1.74. The molecule has 5 nitrogen and oxygen atoms in total. The average Bonchev–Trinajstić information content (AvgIpc) is 3.22. The van der Waals surface area contributed by atoms with E-state index in [0.29, 0.717) is 6.04 Å². The summed E-state index contributed by atoms with van der Waals surface area (Å²) in [5.74, 6) is 0. The molecule has 5 heteroatoms. The molecule has 2 aromatic rings. The van der Waals surface area contributed by atoms with Crippen molar-refractivity contribution in [3.63, 3.8) is 0 Å². The molecule has 1 saturated heterocycles. The van der Waals surface area contributed by atoms with Crippen LogP contribution in [0.15, 0.2) is 30.7 Å². The van der Waals surface area contributed by atoms with E-state index in [1.54, 1.807) is 0 Å². The molecule has 0 radical (unpaired) electrons. The van der Waals surface area contributed by atoms with Crippen LogP contribution in [0.25, 0.3) is 0 Å². The van der Waals surface area contributed by atoms with Crippen molar-refractivity contribution in [1.82, 2.24) is 24.6 Å². The Morgan fingerprint density at radius 3 is 2.80 bits per heavy atom. The Labute approximate surface area is 151 Å². The number of likely N-dealkylation sites (tertiary alicyclic amines) is 1. The van der Waals surface area contributed by atoms with E-state index in [9.17, 15) is 0 Å². The van der Waals surface area contributed by atoms with Crippen molar-refractivity contribution < 1.29 is 0 Å². The number of pyridine rings is 1. The molecule has 2 aromatic heterocycles. The summed E-state index contributed by atoms with van der Waals surface area (Å²) in [6, 6.07) is 4.87. The largest absolute Gasteiger partial charge is 0.299 e. The van der Waals surface area contributed by atoms with Gasteiger partial charge in [-0.3, -0.25) is 19.5 Å². The number of likely N-dealkylation sites (N-methyl/N-ethyl adjacent to an activating group) is 1. The van der Waals surface area contributed by atoms with E-state index in [1.165, 1.54) is 30.5 Å². The van der Waals surface area contributed by atoms with Crippen molar-refractivity contribution in [1.29, 1.82) is 0 Å². The second-order valence-corrected chi connectivity index (χ2v) is 7.05. The first-order chi connectivity index (χ1) is 12.2. The molecule has 0 spiro atoms. The van der Waals surface area contributed by atoms with Crippen molar-refractivity contribution in [3.05, 3.63) is 47.5 Å². The Morgan fingerprint density at radius 1 is 1.24 bits per heavy atom. The third kappa shape index (κ3) is 4.67. The highest BCUT2D eigenvalue weighted by atomic mass is 15.3. The smallest absolute Gasteiger partial charge is 0.0638 e. The molecule has 0 aliphatic carbocycles. The fraction of sp³-hybridized carbons (Fsp3) is 0.600. The van der Waals surface area contributed by atoms with Gasteiger partial charge in [0.25, 0.3) is 0 Å². The normalized spacial score (nSPS) is 18.3. The molecule has 0 bridgehead atoms. The molecule has 3 rings (SSSR count). The molecule has 136 valence electrons. The van der Waals surface area contributed by atoms with Crippen LogP contribution in [-0.2, 0) is 19.6 Å². The minimum absolute atomic E-state index is 0.670. The van der Waals surface area contributed by atoms with Crippen LogP contribution in [-0.4, -0.2) is 50.2 Å². The van der Waals surface area contributed by atoms with E-state index in [-0.39, 0.29) is 0 Å². The fourth-order valence-electron chi connectivity index (χ4n) is 3.87. The molecule has 3 heterocycles. The van der Waals surface area contributed by atoms with Crippen LogP contribution in [0, 0.1) is 6.92 Å². The van der Waals surface area contributed by atoms with Crippen molar-refractivity contribution in [2.24, 2.45) is 0 Å². The van der Waals surface area contributed by atoms with Gasteiger partial charge in [0.15, 0.2) is 0 Å². The number of hydrogen-bond acceptors (Lipinski definition) is 4. The first-order valence-corrected chi connectivity index (χ1v) is 9.57. The number of aromatic nitrogens is 3. The van der Waals surface area contributed by atoms with Crippen LogP contribution >= 0.6 is 0 Å². The van der Waals surface area contributed by atoms with E-state index in [2.05, 4.69) is 52.9 Å². The number of aryl methyl sites for hydroxylation is 2. The van der Waals surface area contributed by atoms with Crippen LogP contribution < -0.4 is 0 Å². The molecule has 0 amide bonds. The van der Waals surface area contributed by atoms with Gasteiger partial charge in [0.2, 0.25) is 0 Å². The van der Waals surface area contributed by atoms with Gasteiger partial charge in [0.05, 0.1) is 5.69 Å². The molecular formula is C20H31N5. The van der Waals surface area contributed by atoms with Gasteiger partial charge in [0.1, 0.15) is 0 Å². The maximum Gasteiger partial charge on any atom is 0.0638 e. The zero-order valence-electron chi connectivity index (χ0n) is 15.9. The lowest BCUT2D eigenvalue weighted by Gasteiger charge is -2.30. The van der Waals surface area contributed by atoms with Crippen LogP contribution in [0.3, 0.4) is 0 Å². The Bertz CT molecular complexity index is 651. The Kier molecular flexibility index (Phi) is 6.21. The molecule has 0 saturated carbocycles. The summed E-state index contributed by atoms with van der Waals surface area (Å²) in [6.07, 6.45) is 8.68. The van der Waals surface area contributed by atoms with Gasteiger partial charge in [-0.05, 0) is 51.4 Å². The number of nitrogens with zero attached hydrogens (tertiary/aromatic N) is 5. The highest BCUT2D eigenvalue weighted by molar-refractivity contribution is 5.16. The van der Waals surface area contributed by atoms with Crippen molar-refractivity contribution in [2.45, 2.75) is 59.3 Å². The second-order valence-electron chi connectivity index (χ2n) is 7.05. The van der Waals surface area contributed by atoms with Crippen molar-refractivity contribution in [2.75, 3.05) is 19.6 Å². The second kappa shape index (κ2) is 8.59. The standard InChI is InChI=1S/C20H31N5/c1-4-24-11-7-9-20(24)16-23(13-18-8-6-10-21-12-18)14-19-15-25(5-2)22-17(19)3/h6,8,10,12,15,20H,4-5,7,9,11,13-14,16H2,1-3H3. The molecular weight excluding hydrogens is 310 g/mol. The SMILES string of the molecule is CCN1CCCC1CN(Cc1cccnc1)Cc1cn(CC)nc1C. The summed E-state index contributed by atoms with van der Waals surface area (Å²) in [4.78, 5) is 9.48. The number of rotatable bonds is 8. The summed E-state index contributed by atoms with van der Waals surface area (Å²) >= 11 is 0. The monoisotopic (exact) mass is 341 g/mol. The van der Waals surface area contributed by atoms with E-state index >= 15 is 0 Å². The third-order valence-corrected chi connectivity index (χ3v) is 5.27. The molecule has 1 atom stereocenters. The van der Waals surface area contributed by atoms with E-state index < -0.39 is 0 Å². The summed E-state index contributed by atoms with van der Waals surface area (Å²) < 4.78 is 2.04. The van der Waals surface area contributed by atoms with Gasteiger partial charge >= 0.3 is 0 Å². The van der Waals surface area contributed by atoms with Crippen LogP contribution in [0.2, 0.25) is 0 Å². The van der Waals surface area contributed by atoms with Gasteiger partial charge in [-0.25, -0.2) is 0 Å². The molecule has 0 N–H and O–H groups in total. The summed E-state index contributed by atoms with van der Waals surface area (Å²) in [7, 11) is 0. The summed E-state index contributed by atoms with van der Waals surface area (Å²) in [5.41, 5.74) is 3.77.